The summed E-state index contributed by atoms with van der Waals surface area (Å²) in [6.45, 7) is 4.07. The molecule has 2 fully saturated rings. The molecule has 3 N–H and O–H groups in total. The Balaban J connectivity index is 1.46. The van der Waals surface area contributed by atoms with E-state index in [-0.39, 0.29) is 11.7 Å². The summed E-state index contributed by atoms with van der Waals surface area (Å²) in [5.74, 6) is -0.655. The third kappa shape index (κ3) is 3.97. The van der Waals surface area contributed by atoms with E-state index in [0.29, 0.717) is 17.9 Å². The summed E-state index contributed by atoms with van der Waals surface area (Å²) in [5.41, 5.74) is 6.33. The normalized spacial score (nSPS) is 19.0. The Bertz CT molecular complexity index is 1050. The van der Waals surface area contributed by atoms with Crippen LogP contribution >= 0.6 is 0 Å². The number of halogens is 3. The van der Waals surface area contributed by atoms with E-state index in [4.69, 9.17) is 0 Å². The summed E-state index contributed by atoms with van der Waals surface area (Å²) in [6, 6.07) is 12.8. The van der Waals surface area contributed by atoms with Gasteiger partial charge in [0.15, 0.2) is 0 Å². The van der Waals surface area contributed by atoms with E-state index in [1.54, 1.807) is 5.01 Å². The van der Waals surface area contributed by atoms with Gasteiger partial charge in [-0.15, -0.1) is 18.7 Å². The van der Waals surface area contributed by atoms with E-state index in [1.165, 1.54) is 29.3 Å². The van der Waals surface area contributed by atoms with Crippen LogP contribution in [0.2, 0.25) is 0 Å². The molecule has 5 rings (SSSR count). The molecule has 8 nitrogen and oxygen atoms in total. The molecule has 0 bridgehead atoms. The van der Waals surface area contributed by atoms with Crippen LogP contribution in [0.1, 0.15) is 0 Å². The van der Waals surface area contributed by atoms with Crippen LogP contribution in [0.3, 0.4) is 0 Å². The van der Waals surface area contributed by atoms with Gasteiger partial charge in [0.1, 0.15) is 11.4 Å². The molecular weight excluding hydrogens is 425 g/mol. The highest BCUT2D eigenvalue weighted by Gasteiger charge is 2.41. The Morgan fingerprint density at radius 1 is 0.969 bits per heavy atom. The summed E-state index contributed by atoms with van der Waals surface area (Å²) in [6.07, 6.45) is -4.77. The van der Waals surface area contributed by atoms with Crippen molar-refractivity contribution in [1.29, 1.82) is 0 Å². The maximum absolute atomic E-state index is 13.4. The van der Waals surface area contributed by atoms with Crippen LogP contribution in [-0.2, 0) is 4.79 Å². The number of hydrogen-bond donors (Lipinski definition) is 3. The van der Waals surface area contributed by atoms with E-state index in [9.17, 15) is 18.0 Å². The van der Waals surface area contributed by atoms with E-state index >= 15 is 0 Å². The lowest BCUT2D eigenvalue weighted by Crippen LogP contribution is -2.46. The Morgan fingerprint density at radius 2 is 1.69 bits per heavy atom. The first-order valence-corrected chi connectivity index (χ1v) is 10.2. The molecule has 0 spiro atoms. The fraction of sp³-hybridized carbons (Fsp3) is 0.286. The maximum atomic E-state index is 13.4. The van der Waals surface area contributed by atoms with Crippen molar-refractivity contribution >= 4 is 23.0 Å². The number of rotatable bonds is 4. The quantitative estimate of drug-likeness (QED) is 0.666. The first kappa shape index (κ1) is 20.6. The molecule has 0 unspecified atom stereocenters. The van der Waals surface area contributed by atoms with Crippen LogP contribution < -0.4 is 30.9 Å². The molecule has 1 amide bonds. The fourth-order valence-electron chi connectivity index (χ4n) is 4.01. The third-order valence-corrected chi connectivity index (χ3v) is 5.47. The average molecular weight is 446 g/mol. The largest absolute Gasteiger partial charge is 0.573 e. The van der Waals surface area contributed by atoms with Crippen molar-refractivity contribution in [3.63, 3.8) is 0 Å². The molecule has 2 aromatic rings. The molecular formula is C21H21F3N6O2. The molecule has 32 heavy (non-hydrogen) atoms. The topological polar surface area (TPSA) is 72.1 Å². The molecule has 2 aromatic carbocycles. The summed E-state index contributed by atoms with van der Waals surface area (Å²) in [4.78, 5) is 15.7. The number of hydrogen-bond acceptors (Lipinski definition) is 7. The van der Waals surface area contributed by atoms with Crippen LogP contribution in [0, 0.1) is 0 Å². The van der Waals surface area contributed by atoms with Crippen molar-refractivity contribution in [3.05, 3.63) is 59.9 Å². The second-order valence-corrected chi connectivity index (χ2v) is 7.61. The molecule has 0 saturated carbocycles. The van der Waals surface area contributed by atoms with Crippen molar-refractivity contribution < 1.29 is 22.7 Å². The Kier molecular flexibility index (Phi) is 5.16. The molecule has 3 aliphatic heterocycles. The van der Waals surface area contributed by atoms with Crippen molar-refractivity contribution in [3.8, 4) is 5.75 Å². The molecule has 3 heterocycles. The Labute approximate surface area is 182 Å². The molecule has 0 radical (unpaired) electrons. The zero-order chi connectivity index (χ0) is 22.3. The summed E-state index contributed by atoms with van der Waals surface area (Å²) < 4.78 is 41.3. The number of amides is 1. The minimum Gasteiger partial charge on any atom is -0.406 e. The van der Waals surface area contributed by atoms with Gasteiger partial charge in [-0.25, -0.2) is 10.0 Å². The Hall–Kier alpha value is -3.28. The highest BCUT2D eigenvalue weighted by molar-refractivity contribution is 6.12. The van der Waals surface area contributed by atoms with Gasteiger partial charge in [-0.2, -0.15) is 0 Å². The zero-order valence-electron chi connectivity index (χ0n) is 16.9. The predicted molar refractivity (Wildman–Crippen MR) is 113 cm³/mol. The number of nitrogens with zero attached hydrogens (tertiary/aromatic N) is 3. The van der Waals surface area contributed by atoms with Crippen LogP contribution in [0.4, 0.5) is 30.2 Å². The molecule has 0 aliphatic carbocycles. The number of para-hydroxylation sites is 2. The molecule has 3 aliphatic rings. The van der Waals surface area contributed by atoms with Gasteiger partial charge in [-0.05, 0) is 36.4 Å². The molecule has 2 saturated heterocycles. The predicted octanol–water partition coefficient (Wildman–Crippen LogP) is 2.40. The van der Waals surface area contributed by atoms with Gasteiger partial charge in [0.25, 0.3) is 5.91 Å². The number of alkyl halides is 3. The van der Waals surface area contributed by atoms with Gasteiger partial charge in [0.2, 0.25) is 0 Å². The van der Waals surface area contributed by atoms with Crippen LogP contribution in [0.25, 0.3) is 0 Å². The van der Waals surface area contributed by atoms with Crippen molar-refractivity contribution in [1.82, 2.24) is 15.8 Å². The number of hydrazine groups is 2. The number of fused-ring (bicyclic) bond motifs is 3. The smallest absolute Gasteiger partial charge is 0.406 e. The van der Waals surface area contributed by atoms with Crippen molar-refractivity contribution in [2.75, 3.05) is 48.1 Å². The fourth-order valence-corrected chi connectivity index (χ4v) is 4.01. The number of benzene rings is 2. The van der Waals surface area contributed by atoms with E-state index < -0.39 is 6.36 Å². The lowest BCUT2D eigenvalue weighted by Gasteiger charge is -2.33. The van der Waals surface area contributed by atoms with Gasteiger partial charge in [0.05, 0.1) is 22.8 Å². The zero-order valence-corrected chi connectivity index (χ0v) is 16.9. The Morgan fingerprint density at radius 3 is 2.41 bits per heavy atom. The highest BCUT2D eigenvalue weighted by Crippen LogP contribution is 2.38. The molecule has 11 heteroatoms. The lowest BCUT2D eigenvalue weighted by molar-refractivity contribution is -0.274. The third-order valence-electron chi connectivity index (χ3n) is 5.47. The number of anilines is 3. The lowest BCUT2D eigenvalue weighted by atomic mass is 10.1. The minimum absolute atomic E-state index is 0.304. The molecule has 168 valence electrons. The number of carbonyl (C=O) groups is 1. The van der Waals surface area contributed by atoms with Crippen LogP contribution in [0.15, 0.2) is 59.9 Å². The summed E-state index contributed by atoms with van der Waals surface area (Å²) >= 11 is 0. The second kappa shape index (κ2) is 8.01. The van der Waals surface area contributed by atoms with Gasteiger partial charge in [0, 0.05) is 32.7 Å². The minimum atomic E-state index is -4.77. The van der Waals surface area contributed by atoms with Gasteiger partial charge < -0.3 is 15.4 Å². The summed E-state index contributed by atoms with van der Waals surface area (Å²) in [5, 5.41) is 9.74. The SMILES string of the molecule is O=C1C2=C(CN3CCNCC3)Nc3ccccc3N2NN1c1ccc(OC(F)(F)F)cc1. The number of nitrogens with one attached hydrogen (secondary N) is 3. The van der Waals surface area contributed by atoms with Gasteiger partial charge >= 0.3 is 6.36 Å². The van der Waals surface area contributed by atoms with Crippen molar-refractivity contribution in [2.24, 2.45) is 0 Å². The van der Waals surface area contributed by atoms with Gasteiger partial charge in [-0.1, -0.05) is 12.1 Å². The van der Waals surface area contributed by atoms with Crippen LogP contribution in [0.5, 0.6) is 5.75 Å². The van der Waals surface area contributed by atoms with Crippen LogP contribution in [-0.4, -0.2) is 49.9 Å². The molecule has 0 atom stereocenters. The summed E-state index contributed by atoms with van der Waals surface area (Å²) in [7, 11) is 0. The van der Waals surface area contributed by atoms with Gasteiger partial charge in [-0.3, -0.25) is 9.69 Å². The monoisotopic (exact) mass is 446 g/mol. The van der Waals surface area contributed by atoms with Crippen molar-refractivity contribution in [2.45, 2.75) is 6.36 Å². The van der Waals surface area contributed by atoms with E-state index in [1.807, 2.05) is 24.3 Å². The highest BCUT2D eigenvalue weighted by atomic mass is 19.4. The number of carbonyl (C=O) groups excluding carboxylic acids is 1. The number of piperazine rings is 1. The first-order valence-electron chi connectivity index (χ1n) is 10.2. The number of ether oxygens (including phenoxy) is 1. The maximum Gasteiger partial charge on any atom is 0.573 e. The first-order chi connectivity index (χ1) is 15.4. The van der Waals surface area contributed by atoms with E-state index in [0.717, 1.165) is 43.3 Å². The average Bonchev–Trinajstić information content (AvgIpc) is 3.12. The molecule has 0 aromatic heterocycles. The standard InChI is InChI=1S/C21H21F3N6O2/c22-21(23,24)32-15-7-5-14(6-8-15)29-20(31)19-17(13-28-11-9-25-10-12-28)26-16-3-1-2-4-18(16)30(19)27-29/h1-8,25-27H,9-13H2. The van der Waals surface area contributed by atoms with E-state index in [2.05, 4.69) is 25.8 Å². The second-order valence-electron chi connectivity index (χ2n) is 7.61.